The predicted octanol–water partition coefficient (Wildman–Crippen LogP) is 2.36. The van der Waals surface area contributed by atoms with Crippen LogP contribution in [0.3, 0.4) is 0 Å². The molecule has 4 rings (SSSR count). The zero-order valence-electron chi connectivity index (χ0n) is 14.6. The number of carbonyl (C=O) groups is 2. The average molecular weight is 342 g/mol. The Bertz CT molecular complexity index is 662. The maximum Gasteiger partial charge on any atom is 0.311 e. The quantitative estimate of drug-likeness (QED) is 0.912. The molecule has 2 heterocycles. The summed E-state index contributed by atoms with van der Waals surface area (Å²) in [6.07, 6.45) is 4.55. The number of rotatable bonds is 4. The van der Waals surface area contributed by atoms with Crippen molar-refractivity contribution >= 4 is 11.9 Å². The summed E-state index contributed by atoms with van der Waals surface area (Å²) < 4.78 is 0. The number of fused-ring (bicyclic) bond motifs is 1. The number of carboxylic acids is 1. The number of aliphatic carboxylic acids is 1. The first-order chi connectivity index (χ1) is 12.1. The third-order valence-electron chi connectivity index (χ3n) is 6.49. The van der Waals surface area contributed by atoms with Gasteiger partial charge in [0.2, 0.25) is 5.91 Å². The van der Waals surface area contributed by atoms with Gasteiger partial charge < -0.3 is 10.0 Å². The Morgan fingerprint density at radius 3 is 2.68 bits per heavy atom. The van der Waals surface area contributed by atoms with Crippen LogP contribution < -0.4 is 0 Å². The maximum atomic E-state index is 13.1. The molecule has 0 bridgehead atoms. The average Bonchev–Trinajstić information content (AvgIpc) is 3.29. The second-order valence-electron chi connectivity index (χ2n) is 7.88. The summed E-state index contributed by atoms with van der Waals surface area (Å²) in [4.78, 5) is 29.1. The molecular weight excluding hydrogens is 316 g/mol. The van der Waals surface area contributed by atoms with E-state index < -0.39 is 11.4 Å². The topological polar surface area (TPSA) is 60.9 Å². The predicted molar refractivity (Wildman–Crippen MR) is 93.9 cm³/mol. The van der Waals surface area contributed by atoms with E-state index in [1.807, 2.05) is 23.1 Å². The van der Waals surface area contributed by atoms with Gasteiger partial charge in [-0.15, -0.1) is 0 Å². The third-order valence-corrected chi connectivity index (χ3v) is 6.49. The normalized spacial score (nSPS) is 32.1. The van der Waals surface area contributed by atoms with E-state index >= 15 is 0 Å². The molecule has 25 heavy (non-hydrogen) atoms. The van der Waals surface area contributed by atoms with Crippen LogP contribution in [0.5, 0.6) is 0 Å². The lowest BCUT2D eigenvalue weighted by molar-refractivity contribution is -0.149. The van der Waals surface area contributed by atoms with E-state index in [1.54, 1.807) is 0 Å². The zero-order chi connectivity index (χ0) is 17.4. The van der Waals surface area contributed by atoms with Gasteiger partial charge in [-0.2, -0.15) is 0 Å². The fourth-order valence-electron chi connectivity index (χ4n) is 5.13. The first-order valence-electron chi connectivity index (χ1n) is 9.40. The van der Waals surface area contributed by atoms with Gasteiger partial charge in [0.1, 0.15) is 0 Å². The van der Waals surface area contributed by atoms with E-state index in [1.165, 1.54) is 5.56 Å². The Labute approximate surface area is 148 Å². The van der Waals surface area contributed by atoms with Crippen LogP contribution in [0.1, 0.15) is 37.7 Å². The molecular formula is C20H26N2O3. The Hall–Kier alpha value is -1.88. The van der Waals surface area contributed by atoms with Gasteiger partial charge in [-0.25, -0.2) is 0 Å². The standard InChI is InChI=1S/C20H26N2O3/c23-18(22-13-16-8-4-10-20(16,14-22)19(24)25)17-9-5-11-21(17)12-15-6-2-1-3-7-15/h1-3,6-7,16-17H,4-5,8-14H2,(H,24,25)/t16-,17?,20+/m0/s1. The van der Waals surface area contributed by atoms with E-state index in [0.717, 1.165) is 45.2 Å². The van der Waals surface area contributed by atoms with Gasteiger partial charge in [-0.1, -0.05) is 36.8 Å². The molecule has 3 aliphatic rings. The first kappa shape index (κ1) is 16.6. The van der Waals surface area contributed by atoms with E-state index in [2.05, 4.69) is 17.0 Å². The number of carboxylic acid groups (broad SMARTS) is 1. The second kappa shape index (κ2) is 6.45. The first-order valence-corrected chi connectivity index (χ1v) is 9.40. The summed E-state index contributed by atoms with van der Waals surface area (Å²) in [5.74, 6) is -0.431. The molecule has 2 saturated heterocycles. The molecule has 1 saturated carbocycles. The molecule has 0 spiro atoms. The van der Waals surface area contributed by atoms with Crippen LogP contribution >= 0.6 is 0 Å². The van der Waals surface area contributed by atoms with Crippen molar-refractivity contribution in [2.45, 2.75) is 44.7 Å². The Morgan fingerprint density at radius 2 is 1.96 bits per heavy atom. The summed E-state index contributed by atoms with van der Waals surface area (Å²) in [5.41, 5.74) is 0.543. The van der Waals surface area contributed by atoms with Crippen molar-refractivity contribution in [1.29, 1.82) is 0 Å². The van der Waals surface area contributed by atoms with Gasteiger partial charge in [-0.3, -0.25) is 14.5 Å². The number of hydrogen-bond donors (Lipinski definition) is 1. The number of likely N-dealkylation sites (tertiary alicyclic amines) is 2. The Morgan fingerprint density at radius 1 is 1.16 bits per heavy atom. The highest BCUT2D eigenvalue weighted by Crippen LogP contribution is 2.49. The van der Waals surface area contributed by atoms with E-state index in [4.69, 9.17) is 0 Å². The molecule has 1 aromatic rings. The fraction of sp³-hybridized carbons (Fsp3) is 0.600. The molecule has 3 atom stereocenters. The van der Waals surface area contributed by atoms with Crippen molar-refractivity contribution in [2.24, 2.45) is 11.3 Å². The monoisotopic (exact) mass is 342 g/mol. The van der Waals surface area contributed by atoms with Crippen LogP contribution in [-0.4, -0.2) is 52.5 Å². The minimum atomic E-state index is -0.710. The number of hydrogen-bond acceptors (Lipinski definition) is 3. The van der Waals surface area contributed by atoms with Gasteiger partial charge in [0.05, 0.1) is 11.5 Å². The molecule has 1 aromatic carbocycles. The maximum absolute atomic E-state index is 13.1. The summed E-state index contributed by atoms with van der Waals surface area (Å²) >= 11 is 0. The van der Waals surface area contributed by atoms with Crippen molar-refractivity contribution in [3.8, 4) is 0 Å². The van der Waals surface area contributed by atoms with Crippen LogP contribution in [0.4, 0.5) is 0 Å². The molecule has 1 aliphatic carbocycles. The SMILES string of the molecule is O=C(C1CCCN1Cc1ccccc1)N1C[C@@H]2CCC[C@@]2(C(=O)O)C1. The molecule has 1 amide bonds. The summed E-state index contributed by atoms with van der Waals surface area (Å²) in [5, 5.41) is 9.74. The highest BCUT2D eigenvalue weighted by Gasteiger charge is 2.56. The molecule has 5 nitrogen and oxygen atoms in total. The van der Waals surface area contributed by atoms with Gasteiger partial charge >= 0.3 is 5.97 Å². The molecule has 1 unspecified atom stereocenters. The van der Waals surface area contributed by atoms with Gasteiger partial charge in [-0.05, 0) is 43.7 Å². The van der Waals surface area contributed by atoms with Crippen LogP contribution in [0.25, 0.3) is 0 Å². The fourth-order valence-corrected chi connectivity index (χ4v) is 5.13. The highest BCUT2D eigenvalue weighted by atomic mass is 16.4. The summed E-state index contributed by atoms with van der Waals surface area (Å²) in [6, 6.07) is 10.2. The minimum Gasteiger partial charge on any atom is -0.481 e. The lowest BCUT2D eigenvalue weighted by atomic mass is 9.81. The molecule has 0 aromatic heterocycles. The van der Waals surface area contributed by atoms with Gasteiger partial charge in [0, 0.05) is 19.6 Å². The Kier molecular flexibility index (Phi) is 4.28. The van der Waals surface area contributed by atoms with Crippen molar-refractivity contribution in [3.63, 3.8) is 0 Å². The summed E-state index contributed by atoms with van der Waals surface area (Å²) in [7, 11) is 0. The molecule has 1 N–H and O–H groups in total. The van der Waals surface area contributed by atoms with Crippen molar-refractivity contribution in [3.05, 3.63) is 35.9 Å². The van der Waals surface area contributed by atoms with Crippen LogP contribution in [-0.2, 0) is 16.1 Å². The van der Waals surface area contributed by atoms with Crippen LogP contribution in [0.2, 0.25) is 0 Å². The highest BCUT2D eigenvalue weighted by molar-refractivity contribution is 5.85. The van der Waals surface area contributed by atoms with Crippen LogP contribution in [0, 0.1) is 11.3 Å². The van der Waals surface area contributed by atoms with Crippen molar-refractivity contribution in [1.82, 2.24) is 9.80 Å². The summed E-state index contributed by atoms with van der Waals surface area (Å²) in [6.45, 7) is 2.76. The third kappa shape index (κ3) is 2.84. The van der Waals surface area contributed by atoms with Crippen molar-refractivity contribution in [2.75, 3.05) is 19.6 Å². The molecule has 0 radical (unpaired) electrons. The number of benzene rings is 1. The van der Waals surface area contributed by atoms with Crippen LogP contribution in [0.15, 0.2) is 30.3 Å². The molecule has 134 valence electrons. The number of carbonyl (C=O) groups excluding carboxylic acids is 1. The lowest BCUT2D eigenvalue weighted by Gasteiger charge is -2.29. The van der Waals surface area contributed by atoms with Crippen molar-refractivity contribution < 1.29 is 14.7 Å². The Balaban J connectivity index is 1.46. The number of nitrogens with zero attached hydrogens (tertiary/aromatic N) is 2. The minimum absolute atomic E-state index is 0.0927. The zero-order valence-corrected chi connectivity index (χ0v) is 14.6. The molecule has 2 aliphatic heterocycles. The van der Waals surface area contributed by atoms with Gasteiger partial charge in [0.25, 0.3) is 0 Å². The van der Waals surface area contributed by atoms with Gasteiger partial charge in [0.15, 0.2) is 0 Å². The smallest absolute Gasteiger partial charge is 0.311 e. The second-order valence-corrected chi connectivity index (χ2v) is 7.88. The number of amides is 1. The molecule has 3 fully saturated rings. The van der Waals surface area contributed by atoms with E-state index in [9.17, 15) is 14.7 Å². The van der Waals surface area contributed by atoms with E-state index in [0.29, 0.717) is 13.1 Å². The largest absolute Gasteiger partial charge is 0.481 e. The van der Waals surface area contributed by atoms with E-state index in [-0.39, 0.29) is 17.9 Å². The lowest BCUT2D eigenvalue weighted by Crippen LogP contribution is -2.46. The molecule has 5 heteroatoms.